The Morgan fingerprint density at radius 3 is 3.05 bits per heavy atom. The summed E-state index contributed by atoms with van der Waals surface area (Å²) < 4.78 is 11.5. The molecule has 1 unspecified atom stereocenters. The van der Waals surface area contributed by atoms with Crippen molar-refractivity contribution in [1.29, 1.82) is 0 Å². The van der Waals surface area contributed by atoms with Crippen LogP contribution in [-0.2, 0) is 11.3 Å². The number of hydrogen-bond acceptors (Lipinski definition) is 4. The summed E-state index contributed by atoms with van der Waals surface area (Å²) in [6.07, 6.45) is 2.80. The van der Waals surface area contributed by atoms with Crippen molar-refractivity contribution in [3.63, 3.8) is 0 Å². The molecule has 0 aliphatic carbocycles. The first-order valence-electron chi connectivity index (χ1n) is 7.57. The molecule has 1 aromatic rings. The van der Waals surface area contributed by atoms with Crippen LogP contribution in [0.4, 0.5) is 0 Å². The molecule has 1 heterocycles. The van der Waals surface area contributed by atoms with Crippen molar-refractivity contribution < 1.29 is 9.47 Å². The van der Waals surface area contributed by atoms with Gasteiger partial charge in [0.25, 0.3) is 0 Å². The molecule has 4 nitrogen and oxygen atoms in total. The van der Waals surface area contributed by atoms with E-state index in [1.54, 1.807) is 0 Å². The predicted octanol–water partition coefficient (Wildman–Crippen LogP) is 2.02. The summed E-state index contributed by atoms with van der Waals surface area (Å²) >= 11 is 0. The average molecular weight is 278 g/mol. The highest BCUT2D eigenvalue weighted by molar-refractivity contribution is 5.28. The topological polar surface area (TPSA) is 47.7 Å². The fourth-order valence-electron chi connectivity index (χ4n) is 2.51. The van der Waals surface area contributed by atoms with Crippen molar-refractivity contribution >= 4 is 0 Å². The highest BCUT2D eigenvalue weighted by Gasteiger charge is 2.18. The van der Waals surface area contributed by atoms with Gasteiger partial charge in [0, 0.05) is 26.2 Å². The Hall–Kier alpha value is -1.10. The predicted molar refractivity (Wildman–Crippen MR) is 80.9 cm³/mol. The third kappa shape index (κ3) is 4.78. The molecule has 0 amide bonds. The summed E-state index contributed by atoms with van der Waals surface area (Å²) in [5.74, 6) is 0.904. The van der Waals surface area contributed by atoms with Crippen LogP contribution in [0, 0.1) is 0 Å². The summed E-state index contributed by atoms with van der Waals surface area (Å²) in [6.45, 7) is 7.35. The first kappa shape index (κ1) is 15.3. The molecule has 1 fully saturated rings. The lowest BCUT2D eigenvalue weighted by Gasteiger charge is -2.23. The van der Waals surface area contributed by atoms with Crippen LogP contribution in [0.5, 0.6) is 5.75 Å². The second-order valence-corrected chi connectivity index (χ2v) is 5.23. The molecule has 20 heavy (non-hydrogen) atoms. The third-order valence-electron chi connectivity index (χ3n) is 3.74. The summed E-state index contributed by atoms with van der Waals surface area (Å²) in [4.78, 5) is 2.39. The van der Waals surface area contributed by atoms with E-state index in [1.165, 1.54) is 12.8 Å². The van der Waals surface area contributed by atoms with Crippen LogP contribution in [0.25, 0.3) is 0 Å². The Labute approximate surface area is 121 Å². The van der Waals surface area contributed by atoms with Gasteiger partial charge in [-0.2, -0.15) is 0 Å². The Morgan fingerprint density at radius 2 is 2.35 bits per heavy atom. The maximum Gasteiger partial charge on any atom is 0.119 e. The minimum Gasteiger partial charge on any atom is -0.492 e. The number of benzene rings is 1. The van der Waals surface area contributed by atoms with E-state index in [0.29, 0.717) is 19.3 Å². The Balaban J connectivity index is 1.72. The van der Waals surface area contributed by atoms with E-state index in [-0.39, 0.29) is 0 Å². The van der Waals surface area contributed by atoms with Crippen molar-refractivity contribution in [2.24, 2.45) is 5.73 Å². The number of hydrogen-bond donors (Lipinski definition) is 1. The van der Waals surface area contributed by atoms with E-state index < -0.39 is 0 Å². The number of likely N-dealkylation sites (N-methyl/N-ethyl adjacent to an activating group) is 1. The van der Waals surface area contributed by atoms with Crippen LogP contribution in [0.1, 0.15) is 25.3 Å². The number of ether oxygens (including phenoxy) is 2. The monoisotopic (exact) mass is 278 g/mol. The van der Waals surface area contributed by atoms with Crippen LogP contribution in [0.3, 0.4) is 0 Å². The average Bonchev–Trinajstić information content (AvgIpc) is 2.99. The molecule has 112 valence electrons. The Bertz CT molecular complexity index is 392. The van der Waals surface area contributed by atoms with Gasteiger partial charge in [0.1, 0.15) is 12.4 Å². The quantitative estimate of drug-likeness (QED) is 0.790. The zero-order chi connectivity index (χ0) is 14.2. The van der Waals surface area contributed by atoms with Crippen LogP contribution in [-0.4, -0.2) is 43.9 Å². The third-order valence-corrected chi connectivity index (χ3v) is 3.74. The van der Waals surface area contributed by atoms with Gasteiger partial charge < -0.3 is 15.2 Å². The molecule has 1 aliphatic rings. The fraction of sp³-hybridized carbons (Fsp3) is 0.625. The molecule has 0 radical (unpaired) electrons. The van der Waals surface area contributed by atoms with E-state index in [9.17, 15) is 0 Å². The molecule has 0 bridgehead atoms. The summed E-state index contributed by atoms with van der Waals surface area (Å²) in [5.41, 5.74) is 6.74. The standard InChI is InChI=1S/C16H26N2O2/c1-2-18(13-16-7-4-9-19-16)8-10-20-15-6-3-5-14(11-15)12-17/h3,5-6,11,16H,2,4,7-10,12-13,17H2,1H3. The van der Waals surface area contributed by atoms with Crippen molar-refractivity contribution in [2.45, 2.75) is 32.4 Å². The van der Waals surface area contributed by atoms with Gasteiger partial charge >= 0.3 is 0 Å². The molecule has 1 aliphatic heterocycles. The van der Waals surface area contributed by atoms with Gasteiger partial charge in [0.05, 0.1) is 6.10 Å². The zero-order valence-corrected chi connectivity index (χ0v) is 12.4. The summed E-state index contributed by atoms with van der Waals surface area (Å²) in [6, 6.07) is 8.00. The van der Waals surface area contributed by atoms with Crippen molar-refractivity contribution in [3.05, 3.63) is 29.8 Å². The van der Waals surface area contributed by atoms with E-state index in [2.05, 4.69) is 11.8 Å². The largest absolute Gasteiger partial charge is 0.492 e. The van der Waals surface area contributed by atoms with Gasteiger partial charge in [-0.3, -0.25) is 4.90 Å². The molecule has 1 atom stereocenters. The molecule has 0 spiro atoms. The summed E-state index contributed by atoms with van der Waals surface area (Å²) in [5, 5.41) is 0. The second kappa shape index (κ2) is 8.25. The lowest BCUT2D eigenvalue weighted by molar-refractivity contribution is 0.0701. The van der Waals surface area contributed by atoms with E-state index in [1.807, 2.05) is 24.3 Å². The van der Waals surface area contributed by atoms with Crippen molar-refractivity contribution in [1.82, 2.24) is 4.90 Å². The SMILES string of the molecule is CCN(CCOc1cccc(CN)c1)CC1CCCO1. The van der Waals surface area contributed by atoms with Gasteiger partial charge in [-0.1, -0.05) is 19.1 Å². The Morgan fingerprint density at radius 1 is 1.45 bits per heavy atom. The van der Waals surface area contributed by atoms with E-state index in [0.717, 1.165) is 37.6 Å². The normalized spacial score (nSPS) is 18.6. The maximum atomic E-state index is 5.81. The van der Waals surface area contributed by atoms with Crippen LogP contribution in [0.2, 0.25) is 0 Å². The second-order valence-electron chi connectivity index (χ2n) is 5.23. The smallest absolute Gasteiger partial charge is 0.119 e. The molecular weight excluding hydrogens is 252 g/mol. The minimum absolute atomic E-state index is 0.413. The van der Waals surface area contributed by atoms with Crippen molar-refractivity contribution in [2.75, 3.05) is 32.8 Å². The molecule has 4 heteroatoms. The molecule has 0 aromatic heterocycles. The molecule has 2 rings (SSSR count). The van der Waals surface area contributed by atoms with Crippen molar-refractivity contribution in [3.8, 4) is 5.75 Å². The summed E-state index contributed by atoms with van der Waals surface area (Å²) in [7, 11) is 0. The molecular formula is C16H26N2O2. The van der Waals surface area contributed by atoms with E-state index >= 15 is 0 Å². The van der Waals surface area contributed by atoms with Gasteiger partial charge in [-0.05, 0) is 37.1 Å². The van der Waals surface area contributed by atoms with Gasteiger partial charge in [-0.25, -0.2) is 0 Å². The van der Waals surface area contributed by atoms with Gasteiger partial charge in [0.2, 0.25) is 0 Å². The molecule has 2 N–H and O–H groups in total. The van der Waals surface area contributed by atoms with Gasteiger partial charge in [-0.15, -0.1) is 0 Å². The van der Waals surface area contributed by atoms with E-state index in [4.69, 9.17) is 15.2 Å². The number of nitrogens with zero attached hydrogens (tertiary/aromatic N) is 1. The molecule has 0 saturated carbocycles. The first-order valence-corrected chi connectivity index (χ1v) is 7.57. The molecule has 1 aromatic carbocycles. The lowest BCUT2D eigenvalue weighted by atomic mass is 10.2. The lowest BCUT2D eigenvalue weighted by Crippen LogP contribution is -2.35. The highest BCUT2D eigenvalue weighted by Crippen LogP contribution is 2.14. The van der Waals surface area contributed by atoms with Crippen LogP contribution >= 0.6 is 0 Å². The minimum atomic E-state index is 0.413. The van der Waals surface area contributed by atoms with Crippen LogP contribution < -0.4 is 10.5 Å². The fourth-order valence-corrected chi connectivity index (χ4v) is 2.51. The first-order chi connectivity index (χ1) is 9.81. The number of nitrogens with two attached hydrogens (primary N) is 1. The Kier molecular flexibility index (Phi) is 6.30. The zero-order valence-electron chi connectivity index (χ0n) is 12.4. The van der Waals surface area contributed by atoms with Gasteiger partial charge in [0.15, 0.2) is 0 Å². The maximum absolute atomic E-state index is 5.81. The number of rotatable bonds is 8. The van der Waals surface area contributed by atoms with Crippen LogP contribution in [0.15, 0.2) is 24.3 Å². The highest BCUT2D eigenvalue weighted by atomic mass is 16.5. The molecule has 1 saturated heterocycles.